The van der Waals surface area contributed by atoms with E-state index in [1.54, 1.807) is 0 Å². The first-order valence-electron chi connectivity index (χ1n) is 2.79. The fraction of sp³-hybridized carbons (Fsp3) is 1.00. The Morgan fingerprint density at radius 3 is 3.00 bits per heavy atom. The summed E-state index contributed by atoms with van der Waals surface area (Å²) in [6.07, 6.45) is 0. The van der Waals surface area contributed by atoms with Crippen LogP contribution in [0.15, 0.2) is 0 Å². The Kier molecular flexibility index (Phi) is 3.02. The van der Waals surface area contributed by atoms with Gasteiger partial charge in [-0.15, -0.1) is 23.4 Å². The van der Waals surface area contributed by atoms with Gasteiger partial charge in [0.1, 0.15) is 0 Å². The molecular weight excluding hydrogens is 142 g/mol. The second-order valence-corrected chi connectivity index (χ2v) is 3.30. The van der Waals surface area contributed by atoms with E-state index >= 15 is 0 Å². The van der Waals surface area contributed by atoms with Crippen LogP contribution in [0.25, 0.3) is 0 Å². The zero-order chi connectivity index (χ0) is 5.82. The molecule has 8 heavy (non-hydrogen) atoms. The van der Waals surface area contributed by atoms with Crippen molar-refractivity contribution in [2.75, 3.05) is 30.6 Å². The van der Waals surface area contributed by atoms with Gasteiger partial charge in [0, 0.05) is 30.6 Å². The number of halogens is 1. The topological polar surface area (TPSA) is 3.24 Å². The van der Waals surface area contributed by atoms with Crippen molar-refractivity contribution >= 4 is 23.4 Å². The fourth-order valence-corrected chi connectivity index (χ4v) is 2.02. The van der Waals surface area contributed by atoms with Crippen LogP contribution in [0.3, 0.4) is 0 Å². The Hall–Kier alpha value is 0.600. The summed E-state index contributed by atoms with van der Waals surface area (Å²) in [5, 5.41) is 0. The fourth-order valence-electron chi connectivity index (χ4n) is 0.748. The van der Waals surface area contributed by atoms with Gasteiger partial charge < -0.3 is 0 Å². The normalized spacial score (nSPS) is 22.1. The third kappa shape index (κ3) is 1.84. The van der Waals surface area contributed by atoms with Crippen LogP contribution in [0.1, 0.15) is 0 Å². The second kappa shape index (κ2) is 3.59. The molecule has 3 heteroatoms. The zero-order valence-corrected chi connectivity index (χ0v) is 6.34. The summed E-state index contributed by atoms with van der Waals surface area (Å²) in [6.45, 7) is 2.30. The third-order valence-corrected chi connectivity index (χ3v) is 2.41. The highest BCUT2D eigenvalue weighted by Gasteiger charge is 2.09. The molecule has 1 fully saturated rings. The molecule has 0 unspecified atom stereocenters. The van der Waals surface area contributed by atoms with Crippen LogP contribution < -0.4 is 0 Å². The molecule has 0 bridgehead atoms. The van der Waals surface area contributed by atoms with Crippen molar-refractivity contribution in [3.63, 3.8) is 0 Å². The number of thioether (sulfide) groups is 1. The Morgan fingerprint density at radius 1 is 1.62 bits per heavy atom. The highest BCUT2D eigenvalue weighted by molar-refractivity contribution is 7.99. The molecule has 0 aliphatic carbocycles. The van der Waals surface area contributed by atoms with Gasteiger partial charge in [0.05, 0.1) is 0 Å². The van der Waals surface area contributed by atoms with E-state index in [-0.39, 0.29) is 0 Å². The molecule has 0 aromatic rings. The van der Waals surface area contributed by atoms with E-state index in [9.17, 15) is 0 Å². The maximum absolute atomic E-state index is 5.53. The lowest BCUT2D eigenvalue weighted by Gasteiger charge is -2.09. The van der Waals surface area contributed by atoms with E-state index in [0.717, 1.165) is 12.4 Å². The molecule has 0 N–H and O–H groups in total. The Morgan fingerprint density at radius 2 is 2.50 bits per heavy atom. The van der Waals surface area contributed by atoms with Gasteiger partial charge in [-0.2, -0.15) is 0 Å². The predicted octanol–water partition coefficient (Wildman–Crippen LogP) is 1.23. The summed E-state index contributed by atoms with van der Waals surface area (Å²) in [5.74, 6) is 3.25. The van der Waals surface area contributed by atoms with Gasteiger partial charge in [0.15, 0.2) is 0 Å². The Balaban J connectivity index is 2.06. The molecule has 1 aliphatic rings. The molecule has 48 valence electrons. The van der Waals surface area contributed by atoms with Crippen LogP contribution in [0, 0.1) is 0 Å². The first-order chi connectivity index (χ1) is 3.93. The van der Waals surface area contributed by atoms with E-state index in [4.69, 9.17) is 11.6 Å². The van der Waals surface area contributed by atoms with Crippen molar-refractivity contribution in [2.45, 2.75) is 0 Å². The summed E-state index contributed by atoms with van der Waals surface area (Å²) < 4.78 is 0. The zero-order valence-electron chi connectivity index (χ0n) is 4.77. The average Bonchev–Trinajstić information content (AvgIpc) is 2.19. The average molecular weight is 152 g/mol. The minimum atomic E-state index is 0.778. The summed E-state index contributed by atoms with van der Waals surface area (Å²) in [4.78, 5) is 2.37. The first kappa shape index (κ1) is 6.72. The van der Waals surface area contributed by atoms with Crippen molar-refractivity contribution in [1.82, 2.24) is 4.90 Å². The molecule has 0 spiro atoms. The van der Waals surface area contributed by atoms with Gasteiger partial charge in [-0.05, 0) is 0 Å². The Labute approximate surface area is 59.4 Å². The molecule has 1 saturated heterocycles. The van der Waals surface area contributed by atoms with Gasteiger partial charge >= 0.3 is 0 Å². The quantitative estimate of drug-likeness (QED) is 0.547. The van der Waals surface area contributed by atoms with Crippen molar-refractivity contribution in [2.24, 2.45) is 0 Å². The van der Waals surface area contributed by atoms with Gasteiger partial charge in [-0.1, -0.05) is 0 Å². The summed E-state index contributed by atoms with van der Waals surface area (Å²) in [7, 11) is 0. The predicted molar refractivity (Wildman–Crippen MR) is 39.6 cm³/mol. The van der Waals surface area contributed by atoms with Crippen LogP contribution in [-0.4, -0.2) is 35.5 Å². The molecule has 1 nitrogen and oxygen atoms in total. The lowest BCUT2D eigenvalue weighted by molar-refractivity contribution is 0.379. The summed E-state index contributed by atoms with van der Waals surface area (Å²) in [6, 6.07) is 0. The van der Waals surface area contributed by atoms with E-state index in [2.05, 4.69) is 4.90 Å². The van der Waals surface area contributed by atoms with Crippen LogP contribution in [0.5, 0.6) is 0 Å². The molecule has 0 saturated carbocycles. The number of rotatable bonds is 2. The molecule has 1 heterocycles. The molecular formula is C5H10ClNS. The van der Waals surface area contributed by atoms with Crippen LogP contribution >= 0.6 is 23.4 Å². The highest BCUT2D eigenvalue weighted by atomic mass is 35.5. The van der Waals surface area contributed by atoms with Gasteiger partial charge in [-0.25, -0.2) is 0 Å². The van der Waals surface area contributed by atoms with Crippen LogP contribution in [-0.2, 0) is 0 Å². The lowest BCUT2D eigenvalue weighted by Crippen LogP contribution is -2.21. The number of alkyl halides is 1. The van der Waals surface area contributed by atoms with Crippen molar-refractivity contribution < 1.29 is 0 Å². The van der Waals surface area contributed by atoms with Crippen molar-refractivity contribution in [3.05, 3.63) is 0 Å². The SMILES string of the molecule is ClCCN1CCSC1. The Bertz CT molecular complexity index is 63.4. The largest absolute Gasteiger partial charge is 0.292 e. The minimum absolute atomic E-state index is 0.778. The number of hydrogen-bond donors (Lipinski definition) is 0. The standard InChI is InChI=1S/C5H10ClNS/c6-1-2-7-3-4-8-5-7/h1-5H2. The molecule has 1 rings (SSSR count). The lowest BCUT2D eigenvalue weighted by atomic mass is 10.6. The molecule has 0 radical (unpaired) electrons. The molecule has 1 aliphatic heterocycles. The smallest absolute Gasteiger partial charge is 0.0445 e. The van der Waals surface area contributed by atoms with Gasteiger partial charge in [0.2, 0.25) is 0 Å². The van der Waals surface area contributed by atoms with Crippen LogP contribution in [0.4, 0.5) is 0 Å². The number of nitrogens with zero attached hydrogens (tertiary/aromatic N) is 1. The second-order valence-electron chi connectivity index (χ2n) is 1.84. The summed E-state index contributed by atoms with van der Waals surface area (Å²) in [5.41, 5.74) is 0. The van der Waals surface area contributed by atoms with Crippen molar-refractivity contribution in [1.29, 1.82) is 0 Å². The van der Waals surface area contributed by atoms with E-state index in [1.807, 2.05) is 11.8 Å². The van der Waals surface area contributed by atoms with E-state index < -0.39 is 0 Å². The first-order valence-corrected chi connectivity index (χ1v) is 4.48. The number of hydrogen-bond acceptors (Lipinski definition) is 2. The summed E-state index contributed by atoms with van der Waals surface area (Å²) >= 11 is 7.52. The molecule has 0 amide bonds. The minimum Gasteiger partial charge on any atom is -0.292 e. The van der Waals surface area contributed by atoms with E-state index in [0.29, 0.717) is 0 Å². The molecule has 0 aromatic heterocycles. The van der Waals surface area contributed by atoms with Crippen LogP contribution in [0.2, 0.25) is 0 Å². The molecule has 0 aromatic carbocycles. The monoisotopic (exact) mass is 151 g/mol. The maximum atomic E-state index is 5.53. The third-order valence-electron chi connectivity index (χ3n) is 1.23. The van der Waals surface area contributed by atoms with Gasteiger partial charge in [-0.3, -0.25) is 4.90 Å². The molecule has 0 atom stereocenters. The van der Waals surface area contributed by atoms with Crippen molar-refractivity contribution in [3.8, 4) is 0 Å². The van der Waals surface area contributed by atoms with E-state index in [1.165, 1.54) is 18.2 Å². The highest BCUT2D eigenvalue weighted by Crippen LogP contribution is 2.11. The maximum Gasteiger partial charge on any atom is 0.0445 e. The van der Waals surface area contributed by atoms with Gasteiger partial charge in [0.25, 0.3) is 0 Å².